The molecule has 2 aromatic carbocycles. The van der Waals surface area contributed by atoms with Crippen molar-refractivity contribution in [3.8, 4) is 11.4 Å². The number of rotatable bonds is 6. The van der Waals surface area contributed by atoms with Crippen molar-refractivity contribution in [2.45, 2.75) is 19.5 Å². The molecule has 0 fully saturated rings. The molecule has 0 aliphatic rings. The number of pyridine rings is 2. The molecule has 2 nitrogen and oxygen atoms in total. The molecule has 4 aromatic rings. The minimum absolute atomic E-state index is 0.931. The number of benzene rings is 2. The van der Waals surface area contributed by atoms with Crippen molar-refractivity contribution < 1.29 is 0 Å². The van der Waals surface area contributed by atoms with Gasteiger partial charge in [0.2, 0.25) is 0 Å². The topological polar surface area (TPSA) is 25.8 Å². The molecule has 0 saturated carbocycles. The van der Waals surface area contributed by atoms with Crippen LogP contribution in [-0.2, 0) is 12.6 Å². The monoisotopic (exact) mass is 396 g/mol. The summed E-state index contributed by atoms with van der Waals surface area (Å²) in [6, 6.07) is 34.4. The van der Waals surface area contributed by atoms with Crippen LogP contribution in [0.3, 0.4) is 0 Å². The summed E-state index contributed by atoms with van der Waals surface area (Å²) >= 11 is 0. The van der Waals surface area contributed by atoms with E-state index in [4.69, 9.17) is 9.97 Å². The van der Waals surface area contributed by atoms with Crippen LogP contribution in [0.4, 0.5) is 0 Å². The van der Waals surface area contributed by atoms with Gasteiger partial charge in [0.1, 0.15) is 0 Å². The second kappa shape index (κ2) is 8.72. The van der Waals surface area contributed by atoms with Gasteiger partial charge in [-0.1, -0.05) is 0 Å². The summed E-state index contributed by atoms with van der Waals surface area (Å²) in [6.45, 7) is 2.13. The third-order valence-electron chi connectivity index (χ3n) is 5.59. The maximum atomic E-state index is 5.03. The van der Waals surface area contributed by atoms with Gasteiger partial charge in [0.15, 0.2) is 0 Å². The van der Waals surface area contributed by atoms with Crippen LogP contribution in [0.15, 0.2) is 97.1 Å². The Morgan fingerprint density at radius 2 is 1.10 bits per heavy atom. The van der Waals surface area contributed by atoms with Gasteiger partial charge in [-0.15, -0.1) is 0 Å². The Labute approximate surface area is 174 Å². The van der Waals surface area contributed by atoms with Gasteiger partial charge in [-0.25, -0.2) is 0 Å². The summed E-state index contributed by atoms with van der Waals surface area (Å²) in [7, 11) is 0.479. The van der Waals surface area contributed by atoms with Gasteiger partial charge in [-0.3, -0.25) is 0 Å². The molecule has 2 heterocycles. The molecule has 0 unspecified atom stereocenters. The molecule has 0 spiro atoms. The first-order valence-corrected chi connectivity index (χ1v) is 12.9. The Morgan fingerprint density at radius 1 is 0.621 bits per heavy atom. The van der Waals surface area contributed by atoms with Crippen molar-refractivity contribution in [3.05, 3.63) is 108 Å². The fourth-order valence-corrected chi connectivity index (χ4v) is 7.40. The van der Waals surface area contributed by atoms with E-state index < -0.39 is 7.14 Å². The number of aromatic nitrogens is 2. The molecule has 4 rings (SSSR count). The first kappa shape index (κ1) is 19.5. The molecule has 0 amide bonds. The summed E-state index contributed by atoms with van der Waals surface area (Å²) in [4.78, 5) is 9.79. The van der Waals surface area contributed by atoms with Gasteiger partial charge < -0.3 is 0 Å². The Kier molecular flexibility index (Phi) is 5.88. The van der Waals surface area contributed by atoms with E-state index in [0.717, 1.165) is 35.4 Å². The third kappa shape index (κ3) is 4.31. The average Bonchev–Trinajstić information content (AvgIpc) is 2.80. The molecule has 0 aliphatic carbocycles. The summed E-state index contributed by atoms with van der Waals surface area (Å²) in [6.07, 6.45) is 1.89. The van der Waals surface area contributed by atoms with Crippen LogP contribution in [0, 0.1) is 0 Å². The molecule has 0 radical (unpaired) electrons. The van der Waals surface area contributed by atoms with Gasteiger partial charge in [-0.05, 0) is 0 Å². The van der Waals surface area contributed by atoms with Crippen LogP contribution in [0.1, 0.15) is 18.3 Å². The van der Waals surface area contributed by atoms with Gasteiger partial charge in [0.05, 0.1) is 0 Å². The predicted octanol–water partition coefficient (Wildman–Crippen LogP) is 4.16. The molecule has 29 heavy (non-hydrogen) atoms. The van der Waals surface area contributed by atoms with E-state index >= 15 is 0 Å². The second-order valence-corrected chi connectivity index (χ2v) is 11.8. The molecule has 2 aromatic heterocycles. The predicted molar refractivity (Wildman–Crippen MR) is 130 cm³/mol. The van der Waals surface area contributed by atoms with Crippen LogP contribution in [0.5, 0.6) is 0 Å². The molecule has 0 aliphatic heterocycles. The van der Waals surface area contributed by atoms with Crippen molar-refractivity contribution in [2.75, 3.05) is 0 Å². The van der Waals surface area contributed by atoms with Crippen molar-refractivity contribution in [1.82, 2.24) is 9.97 Å². The fraction of sp³-hybridized carbons (Fsp3) is 0.120. The Balaban J connectivity index is 1.74. The van der Waals surface area contributed by atoms with Crippen molar-refractivity contribution in [2.24, 2.45) is 0 Å². The van der Waals surface area contributed by atoms with Crippen molar-refractivity contribution in [3.63, 3.8) is 0 Å². The van der Waals surface area contributed by atoms with Crippen molar-refractivity contribution in [1.29, 1.82) is 0 Å². The molecule has 144 valence electrons. The summed E-state index contributed by atoms with van der Waals surface area (Å²) in [5, 5.41) is 2.87. The standard InChI is InChI=1S/C25H26BN2P/c1-2-20-11-9-17-24(27-20)25-18-10-12-21(28-25)19-29(26,22-13-5-3-6-14-22)23-15-7-4-8-16-23/h3-18,29H,2,19,26H2,1H3. The SMILES string of the molecule is B[PH](Cc1cccc(-c2cccc(CC)n2)n1)(c1ccccc1)c1ccccc1. The number of aryl methyl sites for hydroxylation is 1. The van der Waals surface area contributed by atoms with Crippen LogP contribution in [0.2, 0.25) is 0 Å². The van der Waals surface area contributed by atoms with Gasteiger partial charge >= 0.3 is 175 Å². The molecule has 0 N–H and O–H groups in total. The van der Waals surface area contributed by atoms with E-state index in [2.05, 4.69) is 112 Å². The maximum absolute atomic E-state index is 5.03. The summed E-state index contributed by atoms with van der Waals surface area (Å²) in [5.41, 5.74) is 4.14. The van der Waals surface area contributed by atoms with Crippen LogP contribution in [0.25, 0.3) is 11.4 Å². The Morgan fingerprint density at radius 3 is 1.62 bits per heavy atom. The van der Waals surface area contributed by atoms with E-state index in [9.17, 15) is 0 Å². The molecular weight excluding hydrogens is 370 g/mol. The summed E-state index contributed by atoms with van der Waals surface area (Å²) in [5.74, 6) is 0. The molecular formula is C25H26BN2P. The molecule has 0 saturated heterocycles. The zero-order valence-corrected chi connectivity index (χ0v) is 18.0. The third-order valence-corrected chi connectivity index (χ3v) is 9.88. The number of nitrogens with zero attached hydrogens (tertiary/aromatic N) is 2. The van der Waals surface area contributed by atoms with Crippen molar-refractivity contribution >= 4 is 25.3 Å². The van der Waals surface area contributed by atoms with Crippen LogP contribution in [-0.4, -0.2) is 17.5 Å². The van der Waals surface area contributed by atoms with E-state index in [0.29, 0.717) is 0 Å². The molecule has 0 bridgehead atoms. The quantitative estimate of drug-likeness (QED) is 0.362. The summed E-state index contributed by atoms with van der Waals surface area (Å²) < 4.78 is 0. The normalized spacial score (nSPS) is 11.9. The van der Waals surface area contributed by atoms with Gasteiger partial charge in [-0.2, -0.15) is 0 Å². The second-order valence-electron chi connectivity index (χ2n) is 7.62. The van der Waals surface area contributed by atoms with E-state index in [-0.39, 0.29) is 0 Å². The van der Waals surface area contributed by atoms with Crippen LogP contribution >= 0.6 is 7.14 Å². The van der Waals surface area contributed by atoms with E-state index in [1.165, 1.54) is 10.6 Å². The zero-order chi connectivity index (χ0) is 20.1. The van der Waals surface area contributed by atoms with Gasteiger partial charge in [0.25, 0.3) is 0 Å². The fourth-order valence-electron chi connectivity index (χ4n) is 3.88. The van der Waals surface area contributed by atoms with Crippen LogP contribution < -0.4 is 10.6 Å². The Bertz CT molecular complexity index is 1040. The van der Waals surface area contributed by atoms with E-state index in [1.807, 2.05) is 0 Å². The first-order chi connectivity index (χ1) is 14.2. The Hall–Kier alpha value is -2.77. The number of hydrogen-bond acceptors (Lipinski definition) is 2. The zero-order valence-electron chi connectivity index (χ0n) is 17.0. The minimum atomic E-state index is -1.97. The average molecular weight is 396 g/mol. The molecule has 0 atom stereocenters. The number of hydrogen-bond donors (Lipinski definition) is 0. The van der Waals surface area contributed by atoms with Gasteiger partial charge in [0, 0.05) is 0 Å². The molecule has 4 heteroatoms. The first-order valence-electron chi connectivity index (χ1n) is 10.2. The van der Waals surface area contributed by atoms with E-state index in [1.54, 1.807) is 0 Å².